The predicted octanol–water partition coefficient (Wildman–Crippen LogP) is 1.86. The zero-order valence-corrected chi connectivity index (χ0v) is 12.2. The van der Waals surface area contributed by atoms with E-state index in [1.165, 1.54) is 25.9 Å². The van der Waals surface area contributed by atoms with Crippen LogP contribution in [0.15, 0.2) is 18.3 Å². The lowest BCUT2D eigenvalue weighted by molar-refractivity contribution is 0.198. The fourth-order valence-electron chi connectivity index (χ4n) is 2.49. The molecule has 2 rings (SSSR count). The molecule has 1 aromatic heterocycles. The van der Waals surface area contributed by atoms with Gasteiger partial charge in [-0.2, -0.15) is 0 Å². The van der Waals surface area contributed by atoms with E-state index in [4.69, 9.17) is 18.0 Å². The van der Waals surface area contributed by atoms with E-state index in [9.17, 15) is 0 Å². The molecule has 4 nitrogen and oxygen atoms in total. The summed E-state index contributed by atoms with van der Waals surface area (Å²) in [7, 11) is 0. The summed E-state index contributed by atoms with van der Waals surface area (Å²) in [5.74, 6) is 1.52. The van der Waals surface area contributed by atoms with Gasteiger partial charge < -0.3 is 16.0 Å². The molecule has 0 aromatic carbocycles. The van der Waals surface area contributed by atoms with Gasteiger partial charge in [0.15, 0.2) is 0 Å². The normalized spacial score (nSPS) is 17.3. The second-order valence-corrected chi connectivity index (χ2v) is 5.46. The first-order valence-electron chi connectivity index (χ1n) is 6.91. The summed E-state index contributed by atoms with van der Waals surface area (Å²) in [6.45, 7) is 6.73. The topological polar surface area (TPSA) is 54.2 Å². The van der Waals surface area contributed by atoms with Crippen LogP contribution in [0, 0.1) is 5.92 Å². The standard InChI is InChI=1S/C14H22N4S/c1-2-18-8-5-11(6-9-18)10-17-14-12(13(15)19)4-3-7-16-14/h3-4,7,11H,2,5-6,8-10H2,1H3,(H2,15,19)(H,16,17). The van der Waals surface area contributed by atoms with Gasteiger partial charge in [0.2, 0.25) is 0 Å². The number of nitrogens with one attached hydrogen (secondary N) is 1. The molecule has 0 amide bonds. The number of nitrogens with zero attached hydrogens (tertiary/aromatic N) is 2. The summed E-state index contributed by atoms with van der Waals surface area (Å²) in [6, 6.07) is 3.77. The van der Waals surface area contributed by atoms with Crippen LogP contribution < -0.4 is 11.1 Å². The highest BCUT2D eigenvalue weighted by atomic mass is 32.1. The molecule has 0 radical (unpaired) electrons. The number of thiocarbonyl (C=S) groups is 1. The molecule has 5 heteroatoms. The molecule has 1 aliphatic heterocycles. The molecule has 0 spiro atoms. The molecule has 1 aromatic rings. The lowest BCUT2D eigenvalue weighted by Gasteiger charge is -2.31. The molecule has 1 fully saturated rings. The van der Waals surface area contributed by atoms with E-state index in [-0.39, 0.29) is 0 Å². The molecule has 2 heterocycles. The Kier molecular flexibility index (Phi) is 5.10. The summed E-state index contributed by atoms with van der Waals surface area (Å²) in [5, 5.41) is 3.40. The maximum Gasteiger partial charge on any atom is 0.136 e. The second kappa shape index (κ2) is 6.82. The Morgan fingerprint density at radius 1 is 1.53 bits per heavy atom. The highest BCUT2D eigenvalue weighted by molar-refractivity contribution is 7.80. The van der Waals surface area contributed by atoms with Gasteiger partial charge in [-0.15, -0.1) is 0 Å². The highest BCUT2D eigenvalue weighted by Crippen LogP contribution is 2.18. The van der Waals surface area contributed by atoms with Crippen LogP contribution in [0.2, 0.25) is 0 Å². The predicted molar refractivity (Wildman–Crippen MR) is 83.5 cm³/mol. The van der Waals surface area contributed by atoms with E-state index < -0.39 is 0 Å². The zero-order valence-electron chi connectivity index (χ0n) is 11.4. The Hall–Kier alpha value is -1.20. The number of rotatable bonds is 5. The molecular formula is C14H22N4S. The van der Waals surface area contributed by atoms with Crippen molar-refractivity contribution >= 4 is 23.0 Å². The van der Waals surface area contributed by atoms with Gasteiger partial charge in [0.25, 0.3) is 0 Å². The molecule has 0 atom stereocenters. The fraction of sp³-hybridized carbons (Fsp3) is 0.571. The third kappa shape index (κ3) is 3.88. The van der Waals surface area contributed by atoms with Crippen molar-refractivity contribution in [2.45, 2.75) is 19.8 Å². The quantitative estimate of drug-likeness (QED) is 0.805. The largest absolute Gasteiger partial charge is 0.389 e. The summed E-state index contributed by atoms with van der Waals surface area (Å²) < 4.78 is 0. The minimum Gasteiger partial charge on any atom is -0.389 e. The van der Waals surface area contributed by atoms with Crippen LogP contribution in [0.25, 0.3) is 0 Å². The van der Waals surface area contributed by atoms with Crippen LogP contribution >= 0.6 is 12.2 Å². The van der Waals surface area contributed by atoms with Crippen LogP contribution in [0.4, 0.5) is 5.82 Å². The van der Waals surface area contributed by atoms with Crippen molar-refractivity contribution in [1.82, 2.24) is 9.88 Å². The molecule has 104 valence electrons. The average Bonchev–Trinajstić information content (AvgIpc) is 2.46. The summed E-state index contributed by atoms with van der Waals surface area (Å²) in [4.78, 5) is 7.22. The van der Waals surface area contributed by atoms with Gasteiger partial charge in [-0.1, -0.05) is 19.1 Å². The third-order valence-corrected chi connectivity index (χ3v) is 4.01. The molecule has 0 saturated carbocycles. The van der Waals surface area contributed by atoms with Gasteiger partial charge in [0, 0.05) is 12.7 Å². The van der Waals surface area contributed by atoms with Crippen LogP contribution in [-0.2, 0) is 0 Å². The van der Waals surface area contributed by atoms with Gasteiger partial charge in [0.1, 0.15) is 10.8 Å². The molecule has 19 heavy (non-hydrogen) atoms. The minimum absolute atomic E-state index is 0.399. The lowest BCUT2D eigenvalue weighted by atomic mass is 9.97. The number of hydrogen-bond acceptors (Lipinski definition) is 4. The zero-order chi connectivity index (χ0) is 13.7. The Bertz CT molecular complexity index is 427. The summed E-state index contributed by atoms with van der Waals surface area (Å²) in [6.07, 6.45) is 4.26. The maximum absolute atomic E-state index is 5.70. The van der Waals surface area contributed by atoms with E-state index in [1.807, 2.05) is 12.1 Å². The van der Waals surface area contributed by atoms with E-state index >= 15 is 0 Å². The molecule has 0 unspecified atom stereocenters. The van der Waals surface area contributed by atoms with Crippen LogP contribution in [0.1, 0.15) is 25.3 Å². The Morgan fingerprint density at radius 2 is 2.26 bits per heavy atom. The van der Waals surface area contributed by atoms with Crippen molar-refractivity contribution < 1.29 is 0 Å². The lowest BCUT2D eigenvalue weighted by Crippen LogP contribution is -2.35. The van der Waals surface area contributed by atoms with Gasteiger partial charge in [-0.25, -0.2) is 4.98 Å². The number of aromatic nitrogens is 1. The average molecular weight is 278 g/mol. The fourth-order valence-corrected chi connectivity index (χ4v) is 2.66. The van der Waals surface area contributed by atoms with Crippen molar-refractivity contribution in [3.8, 4) is 0 Å². The van der Waals surface area contributed by atoms with E-state index in [2.05, 4.69) is 22.1 Å². The number of nitrogens with two attached hydrogens (primary N) is 1. The molecule has 1 saturated heterocycles. The number of piperidine rings is 1. The van der Waals surface area contributed by atoms with Gasteiger partial charge in [0.05, 0.1) is 5.56 Å². The Balaban J connectivity index is 1.88. The number of hydrogen-bond donors (Lipinski definition) is 2. The van der Waals surface area contributed by atoms with Crippen molar-refractivity contribution in [3.63, 3.8) is 0 Å². The molecule has 0 bridgehead atoms. The number of pyridine rings is 1. The van der Waals surface area contributed by atoms with Crippen molar-refractivity contribution in [2.24, 2.45) is 11.7 Å². The first kappa shape index (κ1) is 14.2. The first-order valence-corrected chi connectivity index (χ1v) is 7.32. The van der Waals surface area contributed by atoms with E-state index in [0.717, 1.165) is 24.5 Å². The smallest absolute Gasteiger partial charge is 0.136 e. The Labute approximate surface area is 120 Å². The van der Waals surface area contributed by atoms with Gasteiger partial charge in [-0.3, -0.25) is 0 Å². The maximum atomic E-state index is 5.70. The first-order chi connectivity index (χ1) is 9.20. The SMILES string of the molecule is CCN1CCC(CNc2ncccc2C(N)=S)CC1. The minimum atomic E-state index is 0.399. The van der Waals surface area contributed by atoms with Gasteiger partial charge >= 0.3 is 0 Å². The molecule has 1 aliphatic rings. The Morgan fingerprint density at radius 3 is 2.89 bits per heavy atom. The van der Waals surface area contributed by atoms with Crippen molar-refractivity contribution in [3.05, 3.63) is 23.9 Å². The second-order valence-electron chi connectivity index (χ2n) is 5.02. The number of anilines is 1. The van der Waals surface area contributed by atoms with E-state index in [1.54, 1.807) is 6.20 Å². The monoisotopic (exact) mass is 278 g/mol. The van der Waals surface area contributed by atoms with Crippen LogP contribution in [-0.4, -0.2) is 41.1 Å². The number of likely N-dealkylation sites (tertiary alicyclic amines) is 1. The van der Waals surface area contributed by atoms with E-state index in [0.29, 0.717) is 10.9 Å². The molecular weight excluding hydrogens is 256 g/mol. The summed E-state index contributed by atoms with van der Waals surface area (Å²) >= 11 is 5.04. The van der Waals surface area contributed by atoms with Crippen LogP contribution in [0.3, 0.4) is 0 Å². The third-order valence-electron chi connectivity index (χ3n) is 3.79. The highest BCUT2D eigenvalue weighted by Gasteiger charge is 2.18. The van der Waals surface area contributed by atoms with Crippen molar-refractivity contribution in [1.29, 1.82) is 0 Å². The van der Waals surface area contributed by atoms with Crippen LogP contribution in [0.5, 0.6) is 0 Å². The summed E-state index contributed by atoms with van der Waals surface area (Å²) in [5.41, 5.74) is 6.54. The van der Waals surface area contributed by atoms with Crippen molar-refractivity contribution in [2.75, 3.05) is 31.5 Å². The molecule has 3 N–H and O–H groups in total. The van der Waals surface area contributed by atoms with Gasteiger partial charge in [-0.05, 0) is 50.5 Å². The molecule has 0 aliphatic carbocycles.